The lowest BCUT2D eigenvalue weighted by Gasteiger charge is -2.25. The van der Waals surface area contributed by atoms with Crippen molar-refractivity contribution >= 4 is 34.0 Å². The smallest absolute Gasteiger partial charge is 0.265 e. The summed E-state index contributed by atoms with van der Waals surface area (Å²) in [6.45, 7) is 2.26. The third-order valence-electron chi connectivity index (χ3n) is 5.70. The molecule has 1 saturated heterocycles. The van der Waals surface area contributed by atoms with Crippen LogP contribution in [0.4, 0.5) is 5.69 Å². The summed E-state index contributed by atoms with van der Waals surface area (Å²) in [7, 11) is 0. The highest BCUT2D eigenvalue weighted by atomic mass is 35.5. The van der Waals surface area contributed by atoms with Crippen LogP contribution < -0.4 is 10.5 Å². The second-order valence-corrected chi connectivity index (χ2v) is 7.98. The van der Waals surface area contributed by atoms with Crippen LogP contribution >= 0.6 is 11.6 Å². The van der Waals surface area contributed by atoms with Crippen LogP contribution in [-0.2, 0) is 6.54 Å². The Hall–Kier alpha value is -2.86. The van der Waals surface area contributed by atoms with Crippen LogP contribution in [0.5, 0.6) is 0 Å². The third kappa shape index (κ3) is 3.17. The van der Waals surface area contributed by atoms with Gasteiger partial charge in [-0.2, -0.15) is 0 Å². The van der Waals surface area contributed by atoms with Gasteiger partial charge >= 0.3 is 0 Å². The van der Waals surface area contributed by atoms with Crippen LogP contribution in [0.25, 0.3) is 16.7 Å². The first-order valence-corrected chi connectivity index (χ1v) is 10.5. The Morgan fingerprint density at radius 2 is 1.72 bits per heavy atom. The Morgan fingerprint density at radius 1 is 0.966 bits per heavy atom. The molecule has 29 heavy (non-hydrogen) atoms. The number of benzene rings is 2. The van der Waals surface area contributed by atoms with Crippen molar-refractivity contribution in [1.82, 2.24) is 19.2 Å². The summed E-state index contributed by atoms with van der Waals surface area (Å²) >= 11 is 6.67. The van der Waals surface area contributed by atoms with E-state index >= 15 is 0 Å². The van der Waals surface area contributed by atoms with E-state index in [0.717, 1.165) is 42.7 Å². The molecule has 4 aromatic rings. The number of rotatable bonds is 3. The fourth-order valence-corrected chi connectivity index (χ4v) is 4.56. The molecule has 7 heteroatoms. The molecule has 2 aromatic carbocycles. The minimum absolute atomic E-state index is 0.0777. The first-order chi connectivity index (χ1) is 14.2. The Labute approximate surface area is 173 Å². The van der Waals surface area contributed by atoms with Crippen LogP contribution in [0, 0.1) is 0 Å². The second-order valence-electron chi connectivity index (χ2n) is 7.57. The van der Waals surface area contributed by atoms with Crippen LogP contribution in [-0.4, -0.2) is 32.3 Å². The van der Waals surface area contributed by atoms with Gasteiger partial charge in [-0.25, -0.2) is 0 Å². The van der Waals surface area contributed by atoms with Crippen molar-refractivity contribution in [3.63, 3.8) is 0 Å². The first kappa shape index (κ1) is 18.2. The number of hydrogen-bond acceptors (Lipinski definition) is 4. The maximum Gasteiger partial charge on any atom is 0.265 e. The van der Waals surface area contributed by atoms with Gasteiger partial charge in [0.1, 0.15) is 6.33 Å². The first-order valence-electron chi connectivity index (χ1n) is 10.1. The van der Waals surface area contributed by atoms with E-state index in [-0.39, 0.29) is 5.56 Å². The average Bonchev–Trinajstić information content (AvgIpc) is 3.07. The van der Waals surface area contributed by atoms with E-state index in [9.17, 15) is 4.79 Å². The molecular weight excluding hydrogens is 386 g/mol. The lowest BCUT2D eigenvalue weighted by molar-refractivity contribution is 0.726. The highest BCUT2D eigenvalue weighted by Gasteiger charge is 2.22. The molecule has 0 radical (unpaired) electrons. The van der Waals surface area contributed by atoms with Crippen LogP contribution in [0.3, 0.4) is 0 Å². The van der Waals surface area contributed by atoms with E-state index in [4.69, 9.17) is 11.6 Å². The van der Waals surface area contributed by atoms with Gasteiger partial charge in [0.2, 0.25) is 5.78 Å². The Bertz CT molecular complexity index is 1220. The molecule has 0 spiro atoms. The molecule has 6 nitrogen and oxygen atoms in total. The lowest BCUT2D eigenvalue weighted by Crippen LogP contribution is -2.29. The van der Waals surface area contributed by atoms with E-state index < -0.39 is 0 Å². The number of fused-ring (bicyclic) bond motifs is 3. The Balaban J connectivity index is 1.79. The maximum atomic E-state index is 13.7. The zero-order chi connectivity index (χ0) is 19.8. The molecule has 1 aliphatic heterocycles. The lowest BCUT2D eigenvalue weighted by atomic mass is 10.1. The van der Waals surface area contributed by atoms with Crippen LogP contribution in [0.2, 0.25) is 5.02 Å². The van der Waals surface area contributed by atoms with Gasteiger partial charge in [-0.15, -0.1) is 10.2 Å². The molecule has 0 unspecified atom stereocenters. The van der Waals surface area contributed by atoms with Gasteiger partial charge in [0.15, 0.2) is 0 Å². The number of halogens is 1. The van der Waals surface area contributed by atoms with Gasteiger partial charge in [0, 0.05) is 13.1 Å². The molecule has 5 rings (SSSR count). The summed E-state index contributed by atoms with van der Waals surface area (Å²) < 4.78 is 3.58. The fraction of sp³-hybridized carbons (Fsp3) is 0.318. The highest BCUT2D eigenvalue weighted by molar-refractivity contribution is 6.35. The van der Waals surface area contributed by atoms with Crippen molar-refractivity contribution in [2.45, 2.75) is 32.2 Å². The van der Waals surface area contributed by atoms with Crippen molar-refractivity contribution in [2.24, 2.45) is 0 Å². The summed E-state index contributed by atoms with van der Waals surface area (Å²) in [5, 5.41) is 9.58. The van der Waals surface area contributed by atoms with Gasteiger partial charge in [0.25, 0.3) is 5.56 Å². The van der Waals surface area contributed by atoms with Crippen molar-refractivity contribution in [3.05, 3.63) is 69.7 Å². The number of anilines is 1. The van der Waals surface area contributed by atoms with Crippen molar-refractivity contribution < 1.29 is 0 Å². The molecule has 0 bridgehead atoms. The van der Waals surface area contributed by atoms with Gasteiger partial charge in [0.05, 0.1) is 28.2 Å². The molecule has 0 amide bonds. The van der Waals surface area contributed by atoms with E-state index in [0.29, 0.717) is 22.7 Å². The Kier molecular flexibility index (Phi) is 4.72. The van der Waals surface area contributed by atoms with Gasteiger partial charge in [-0.3, -0.25) is 13.8 Å². The summed E-state index contributed by atoms with van der Waals surface area (Å²) in [6.07, 6.45) is 6.32. The summed E-state index contributed by atoms with van der Waals surface area (Å²) in [6, 6.07) is 13.7. The van der Waals surface area contributed by atoms with Crippen LogP contribution in [0.1, 0.15) is 31.2 Å². The van der Waals surface area contributed by atoms with Crippen molar-refractivity contribution in [1.29, 1.82) is 0 Å². The number of hydrogen-bond donors (Lipinski definition) is 0. The predicted octanol–water partition coefficient (Wildman–Crippen LogP) is 4.13. The zero-order valence-electron chi connectivity index (χ0n) is 16.1. The normalized spacial score (nSPS) is 15.1. The molecule has 148 valence electrons. The van der Waals surface area contributed by atoms with E-state index in [1.54, 1.807) is 10.9 Å². The molecule has 1 aliphatic rings. The molecule has 0 aliphatic carbocycles. The summed E-state index contributed by atoms with van der Waals surface area (Å²) in [5.74, 6) is 0.537. The quantitative estimate of drug-likeness (QED) is 0.512. The molecule has 2 aromatic heterocycles. The number of nitrogens with zero attached hydrogens (tertiary/aromatic N) is 5. The number of aromatic nitrogens is 4. The van der Waals surface area contributed by atoms with Gasteiger partial charge < -0.3 is 4.90 Å². The van der Waals surface area contributed by atoms with E-state index in [1.165, 1.54) is 12.8 Å². The van der Waals surface area contributed by atoms with Gasteiger partial charge in [-0.05, 0) is 30.5 Å². The molecule has 0 N–H and O–H groups in total. The van der Waals surface area contributed by atoms with Gasteiger partial charge in [-0.1, -0.05) is 54.8 Å². The van der Waals surface area contributed by atoms with E-state index in [2.05, 4.69) is 15.1 Å². The van der Waals surface area contributed by atoms with Crippen LogP contribution in [0.15, 0.2) is 53.6 Å². The second kappa shape index (κ2) is 7.52. The SMILES string of the molecule is O=c1c2c(N3CCCCCC3)c(Cl)ccc2n2cnnc2n1Cc1ccccc1. The maximum absolute atomic E-state index is 13.7. The minimum Gasteiger partial charge on any atom is -0.370 e. The summed E-state index contributed by atoms with van der Waals surface area (Å²) in [5.41, 5.74) is 2.60. The van der Waals surface area contributed by atoms with Crippen molar-refractivity contribution in [2.75, 3.05) is 18.0 Å². The minimum atomic E-state index is -0.0777. The standard InChI is InChI=1S/C22H22ClN5O/c23-17-10-11-18-19(20(17)26-12-6-1-2-7-13-26)21(29)27(22-25-24-15-28(18)22)14-16-8-4-3-5-9-16/h3-5,8-11,15H,1-2,6-7,12-14H2. The molecule has 0 atom stereocenters. The highest BCUT2D eigenvalue weighted by Crippen LogP contribution is 2.34. The fourth-order valence-electron chi connectivity index (χ4n) is 4.29. The topological polar surface area (TPSA) is 55.4 Å². The third-order valence-corrected chi connectivity index (χ3v) is 6.01. The monoisotopic (exact) mass is 407 g/mol. The van der Waals surface area contributed by atoms with E-state index in [1.807, 2.05) is 46.9 Å². The molecule has 1 fully saturated rings. The van der Waals surface area contributed by atoms with Crippen molar-refractivity contribution in [3.8, 4) is 0 Å². The Morgan fingerprint density at radius 3 is 2.48 bits per heavy atom. The zero-order valence-corrected chi connectivity index (χ0v) is 16.8. The molecular formula is C22H22ClN5O. The largest absolute Gasteiger partial charge is 0.370 e. The molecule has 0 saturated carbocycles. The predicted molar refractivity (Wildman–Crippen MR) is 116 cm³/mol. The summed E-state index contributed by atoms with van der Waals surface area (Å²) in [4.78, 5) is 16.0. The molecule has 3 heterocycles. The average molecular weight is 408 g/mol.